The SMILES string of the molecule is O=C(CCCl)NCCN1CCC2(CC1)C(=O)NCN2c1cccc(F)c1.O=C(O)C(F)(F)F. The molecule has 1 spiro atoms. The van der Waals surface area contributed by atoms with Crippen LogP contribution in [-0.4, -0.2) is 78.2 Å². The zero-order chi connectivity index (χ0) is 24.6. The fourth-order valence-electron chi connectivity index (χ4n) is 3.74. The first-order chi connectivity index (χ1) is 15.5. The lowest BCUT2D eigenvalue weighted by atomic mass is 9.85. The molecule has 2 saturated heterocycles. The highest BCUT2D eigenvalue weighted by Gasteiger charge is 2.50. The van der Waals surface area contributed by atoms with E-state index in [1.54, 1.807) is 6.07 Å². The standard InChI is InChI=1S/C18H24ClFN4O2.C2HF3O2/c19-7-4-16(25)21-8-11-23-9-5-18(6-10-23)17(26)22-13-24(18)15-3-1-2-14(20)12-15;3-2(4,5)1(6)7/h1-3,12H,4-11,13H2,(H,21,25)(H,22,26);(H,6,7). The average molecular weight is 497 g/mol. The monoisotopic (exact) mass is 496 g/mol. The molecule has 184 valence electrons. The van der Waals surface area contributed by atoms with Crippen molar-refractivity contribution in [3.05, 3.63) is 30.1 Å². The van der Waals surface area contributed by atoms with Crippen molar-refractivity contribution in [1.29, 1.82) is 0 Å². The van der Waals surface area contributed by atoms with Crippen molar-refractivity contribution in [3.8, 4) is 0 Å². The van der Waals surface area contributed by atoms with Crippen LogP contribution in [0.1, 0.15) is 19.3 Å². The van der Waals surface area contributed by atoms with E-state index in [-0.39, 0.29) is 17.6 Å². The Kier molecular flexibility index (Phi) is 9.29. The number of carbonyl (C=O) groups is 3. The average Bonchev–Trinajstić information content (AvgIpc) is 3.05. The number of piperidine rings is 1. The Bertz CT molecular complexity index is 848. The zero-order valence-electron chi connectivity index (χ0n) is 17.6. The van der Waals surface area contributed by atoms with E-state index in [0.717, 1.165) is 25.3 Å². The van der Waals surface area contributed by atoms with Gasteiger partial charge in [0.15, 0.2) is 0 Å². The first-order valence-electron chi connectivity index (χ1n) is 10.2. The van der Waals surface area contributed by atoms with Gasteiger partial charge in [0, 0.05) is 44.2 Å². The summed E-state index contributed by atoms with van der Waals surface area (Å²) in [7, 11) is 0. The van der Waals surface area contributed by atoms with Crippen molar-refractivity contribution < 1.29 is 37.1 Å². The number of amides is 2. The van der Waals surface area contributed by atoms with Crippen LogP contribution in [0.5, 0.6) is 0 Å². The summed E-state index contributed by atoms with van der Waals surface area (Å²) in [6, 6.07) is 6.38. The number of benzene rings is 1. The van der Waals surface area contributed by atoms with E-state index >= 15 is 0 Å². The molecule has 8 nitrogen and oxygen atoms in total. The number of alkyl halides is 4. The van der Waals surface area contributed by atoms with E-state index in [0.29, 0.717) is 38.4 Å². The summed E-state index contributed by atoms with van der Waals surface area (Å²) >= 11 is 5.54. The molecule has 2 aliphatic rings. The van der Waals surface area contributed by atoms with Crippen LogP contribution < -0.4 is 15.5 Å². The summed E-state index contributed by atoms with van der Waals surface area (Å²) in [5.74, 6) is -2.77. The van der Waals surface area contributed by atoms with E-state index in [4.69, 9.17) is 21.5 Å². The predicted octanol–water partition coefficient (Wildman–Crippen LogP) is 1.93. The fraction of sp³-hybridized carbons (Fsp3) is 0.550. The lowest BCUT2D eigenvalue weighted by Gasteiger charge is -2.43. The summed E-state index contributed by atoms with van der Waals surface area (Å²) in [5, 5.41) is 12.9. The normalized spacial score (nSPS) is 17.8. The van der Waals surface area contributed by atoms with Gasteiger partial charge in [-0.2, -0.15) is 13.2 Å². The van der Waals surface area contributed by atoms with E-state index in [2.05, 4.69) is 15.5 Å². The molecule has 1 aromatic rings. The van der Waals surface area contributed by atoms with Crippen molar-refractivity contribution >= 4 is 35.1 Å². The Labute approximate surface area is 192 Å². The van der Waals surface area contributed by atoms with Crippen LogP contribution in [0.2, 0.25) is 0 Å². The van der Waals surface area contributed by atoms with Crippen LogP contribution in [-0.2, 0) is 14.4 Å². The number of halogens is 5. The molecule has 3 rings (SSSR count). The molecule has 0 unspecified atom stereocenters. The van der Waals surface area contributed by atoms with Crippen LogP contribution >= 0.6 is 11.6 Å². The van der Waals surface area contributed by atoms with Gasteiger partial charge < -0.3 is 25.5 Å². The Morgan fingerprint density at radius 3 is 2.42 bits per heavy atom. The molecule has 2 amide bonds. The van der Waals surface area contributed by atoms with E-state index < -0.39 is 17.7 Å². The van der Waals surface area contributed by atoms with Crippen molar-refractivity contribution in [2.45, 2.75) is 31.0 Å². The molecule has 13 heteroatoms. The second kappa shape index (κ2) is 11.5. The first kappa shape index (κ1) is 26.7. The third-order valence-corrected chi connectivity index (χ3v) is 5.64. The third kappa shape index (κ3) is 7.19. The van der Waals surface area contributed by atoms with Crippen molar-refractivity contribution in [1.82, 2.24) is 15.5 Å². The van der Waals surface area contributed by atoms with Crippen molar-refractivity contribution in [2.75, 3.05) is 43.6 Å². The number of carboxylic acids is 1. The number of carbonyl (C=O) groups excluding carboxylic acids is 2. The third-order valence-electron chi connectivity index (χ3n) is 5.45. The van der Waals surface area contributed by atoms with Gasteiger partial charge in [-0.1, -0.05) is 6.07 Å². The van der Waals surface area contributed by atoms with Gasteiger partial charge in [0.2, 0.25) is 11.8 Å². The highest BCUT2D eigenvalue weighted by Crippen LogP contribution is 2.36. The number of anilines is 1. The second-order valence-electron chi connectivity index (χ2n) is 7.54. The molecular formula is C20H25ClF4N4O4. The number of aliphatic carboxylic acids is 1. The smallest absolute Gasteiger partial charge is 0.475 e. The van der Waals surface area contributed by atoms with Crippen LogP contribution in [0.15, 0.2) is 24.3 Å². The summed E-state index contributed by atoms with van der Waals surface area (Å²) < 4.78 is 45.3. The number of hydrogen-bond donors (Lipinski definition) is 3. The minimum atomic E-state index is -5.08. The Hall–Kier alpha value is -2.60. The molecule has 2 aliphatic heterocycles. The highest BCUT2D eigenvalue weighted by molar-refractivity contribution is 6.18. The van der Waals surface area contributed by atoms with Gasteiger partial charge in [-0.05, 0) is 31.0 Å². The summed E-state index contributed by atoms with van der Waals surface area (Å²) in [6.07, 6.45) is -3.41. The molecule has 2 fully saturated rings. The largest absolute Gasteiger partial charge is 0.490 e. The van der Waals surface area contributed by atoms with Crippen LogP contribution in [0.4, 0.5) is 23.2 Å². The number of rotatable bonds is 6. The van der Waals surface area contributed by atoms with E-state index in [9.17, 15) is 27.2 Å². The molecule has 2 heterocycles. The number of carboxylic acid groups (broad SMARTS) is 1. The van der Waals surface area contributed by atoms with Gasteiger partial charge in [-0.25, -0.2) is 9.18 Å². The van der Waals surface area contributed by atoms with Crippen LogP contribution in [0.3, 0.4) is 0 Å². The summed E-state index contributed by atoms with van der Waals surface area (Å²) in [5.41, 5.74) is 0.108. The molecule has 1 aromatic carbocycles. The minimum Gasteiger partial charge on any atom is -0.475 e. The van der Waals surface area contributed by atoms with Gasteiger partial charge >= 0.3 is 12.1 Å². The molecule has 0 atom stereocenters. The molecule has 0 aliphatic carbocycles. The maximum atomic E-state index is 13.6. The molecule has 33 heavy (non-hydrogen) atoms. The number of nitrogens with one attached hydrogen (secondary N) is 2. The second-order valence-corrected chi connectivity index (χ2v) is 7.91. The minimum absolute atomic E-state index is 0.0110. The van der Waals surface area contributed by atoms with Gasteiger partial charge in [0.25, 0.3) is 0 Å². The zero-order valence-corrected chi connectivity index (χ0v) is 18.4. The van der Waals surface area contributed by atoms with Crippen LogP contribution in [0, 0.1) is 5.82 Å². The quantitative estimate of drug-likeness (QED) is 0.411. The number of likely N-dealkylation sites (tertiary alicyclic amines) is 1. The number of hydrogen-bond acceptors (Lipinski definition) is 5. The van der Waals surface area contributed by atoms with E-state index in [1.807, 2.05) is 11.0 Å². The molecule has 3 N–H and O–H groups in total. The molecule has 0 bridgehead atoms. The first-order valence-corrected chi connectivity index (χ1v) is 10.7. The maximum Gasteiger partial charge on any atom is 0.490 e. The molecule has 0 saturated carbocycles. The molecule has 0 aromatic heterocycles. The lowest BCUT2D eigenvalue weighted by molar-refractivity contribution is -0.192. The lowest BCUT2D eigenvalue weighted by Crippen LogP contribution is -2.57. The van der Waals surface area contributed by atoms with Gasteiger partial charge in [0.05, 0.1) is 6.67 Å². The van der Waals surface area contributed by atoms with Crippen molar-refractivity contribution in [3.63, 3.8) is 0 Å². The topological polar surface area (TPSA) is 102 Å². The Morgan fingerprint density at radius 2 is 1.88 bits per heavy atom. The summed E-state index contributed by atoms with van der Waals surface area (Å²) in [4.78, 5) is 37.1. The van der Waals surface area contributed by atoms with Gasteiger partial charge in [-0.15, -0.1) is 11.6 Å². The van der Waals surface area contributed by atoms with Gasteiger partial charge in [-0.3, -0.25) is 9.59 Å². The summed E-state index contributed by atoms with van der Waals surface area (Å²) in [6.45, 7) is 3.22. The Morgan fingerprint density at radius 1 is 1.24 bits per heavy atom. The molecule has 0 radical (unpaired) electrons. The maximum absolute atomic E-state index is 13.6. The highest BCUT2D eigenvalue weighted by atomic mass is 35.5. The Balaban J connectivity index is 0.000000479. The van der Waals surface area contributed by atoms with Gasteiger partial charge in [0.1, 0.15) is 11.4 Å². The van der Waals surface area contributed by atoms with Crippen molar-refractivity contribution in [2.24, 2.45) is 0 Å². The predicted molar refractivity (Wildman–Crippen MR) is 112 cm³/mol. The van der Waals surface area contributed by atoms with E-state index in [1.165, 1.54) is 12.1 Å². The number of nitrogens with zero attached hydrogens (tertiary/aromatic N) is 2. The fourth-order valence-corrected chi connectivity index (χ4v) is 3.91. The molecular weight excluding hydrogens is 472 g/mol. The van der Waals surface area contributed by atoms with Crippen LogP contribution in [0.25, 0.3) is 0 Å².